The van der Waals surface area contributed by atoms with Crippen LogP contribution in [0.1, 0.15) is 17.3 Å². The Morgan fingerprint density at radius 3 is 2.59 bits per heavy atom. The molecule has 0 aromatic heterocycles. The molecule has 2 rings (SSSR count). The van der Waals surface area contributed by atoms with Gasteiger partial charge in [-0.2, -0.15) is 4.72 Å². The molecule has 2 aromatic carbocycles. The van der Waals surface area contributed by atoms with Gasteiger partial charge in [-0.15, -0.1) is 6.42 Å². The lowest BCUT2D eigenvalue weighted by Crippen LogP contribution is -2.30. The van der Waals surface area contributed by atoms with Gasteiger partial charge in [-0.3, -0.25) is 4.79 Å². The molecule has 152 valence electrons. The molecule has 0 saturated heterocycles. The zero-order valence-corrected chi connectivity index (χ0v) is 17.4. The Balaban J connectivity index is 2.08. The van der Waals surface area contributed by atoms with Crippen molar-refractivity contribution in [3.05, 3.63) is 58.1 Å². The van der Waals surface area contributed by atoms with Gasteiger partial charge < -0.3 is 10.1 Å². The largest absolute Gasteiger partial charge is 0.449 e. The number of benzene rings is 2. The standard InChI is InChI=1S/C19H16Cl2N2O5S/c1-3-9-22-29(26,27)15-6-4-5-13(10-15)19(25)28-12(2)18(24)23-17-8-7-14(20)11-16(17)21/h1,4-8,10-12,22H,9H2,2H3,(H,23,24)/t12-/m0/s1. The Kier molecular flexibility index (Phi) is 7.65. The van der Waals surface area contributed by atoms with E-state index < -0.39 is 28.0 Å². The molecule has 0 aliphatic carbocycles. The summed E-state index contributed by atoms with van der Waals surface area (Å²) in [6, 6.07) is 9.67. The molecule has 2 N–H and O–H groups in total. The highest BCUT2D eigenvalue weighted by molar-refractivity contribution is 7.89. The van der Waals surface area contributed by atoms with Crippen LogP contribution < -0.4 is 10.0 Å². The minimum atomic E-state index is -3.88. The van der Waals surface area contributed by atoms with Gasteiger partial charge in [-0.25, -0.2) is 13.2 Å². The van der Waals surface area contributed by atoms with E-state index in [0.29, 0.717) is 10.7 Å². The van der Waals surface area contributed by atoms with Crippen molar-refractivity contribution in [3.63, 3.8) is 0 Å². The number of carbonyl (C=O) groups excluding carboxylic acids is 2. The van der Waals surface area contributed by atoms with E-state index in [0.717, 1.165) is 6.07 Å². The van der Waals surface area contributed by atoms with Crippen LogP contribution >= 0.6 is 23.2 Å². The minimum Gasteiger partial charge on any atom is -0.449 e. The molecule has 29 heavy (non-hydrogen) atoms. The molecule has 7 nitrogen and oxygen atoms in total. The Morgan fingerprint density at radius 1 is 1.21 bits per heavy atom. The summed E-state index contributed by atoms with van der Waals surface area (Å²) < 4.78 is 31.5. The number of carbonyl (C=O) groups is 2. The van der Waals surface area contributed by atoms with Gasteiger partial charge in [-0.1, -0.05) is 35.2 Å². The first-order valence-electron chi connectivity index (χ1n) is 8.14. The monoisotopic (exact) mass is 454 g/mol. The molecule has 0 bridgehead atoms. The van der Waals surface area contributed by atoms with E-state index in [4.69, 9.17) is 34.4 Å². The van der Waals surface area contributed by atoms with Gasteiger partial charge >= 0.3 is 5.97 Å². The molecule has 0 spiro atoms. The zero-order chi connectivity index (χ0) is 21.6. The van der Waals surface area contributed by atoms with Gasteiger partial charge in [0.25, 0.3) is 5.91 Å². The lowest BCUT2D eigenvalue weighted by molar-refractivity contribution is -0.123. The number of hydrogen-bond donors (Lipinski definition) is 2. The highest BCUT2D eigenvalue weighted by Gasteiger charge is 2.21. The number of halogens is 2. The topological polar surface area (TPSA) is 102 Å². The summed E-state index contributed by atoms with van der Waals surface area (Å²) in [4.78, 5) is 24.4. The Morgan fingerprint density at radius 2 is 1.93 bits per heavy atom. The number of ether oxygens (including phenoxy) is 1. The van der Waals surface area contributed by atoms with Crippen molar-refractivity contribution >= 4 is 50.8 Å². The van der Waals surface area contributed by atoms with E-state index in [1.165, 1.54) is 37.3 Å². The van der Waals surface area contributed by atoms with E-state index >= 15 is 0 Å². The summed E-state index contributed by atoms with van der Waals surface area (Å²) in [7, 11) is -3.88. The quantitative estimate of drug-likeness (QED) is 0.494. The number of rotatable bonds is 7. The summed E-state index contributed by atoms with van der Waals surface area (Å²) in [6.07, 6.45) is 3.87. The Bertz CT molecular complexity index is 1080. The molecule has 0 radical (unpaired) electrons. The van der Waals surface area contributed by atoms with Crippen LogP contribution in [-0.2, 0) is 19.6 Å². The van der Waals surface area contributed by atoms with Crippen LogP contribution in [-0.4, -0.2) is 32.9 Å². The fourth-order valence-electron chi connectivity index (χ4n) is 2.12. The van der Waals surface area contributed by atoms with Gasteiger partial charge in [0, 0.05) is 5.02 Å². The highest BCUT2D eigenvalue weighted by atomic mass is 35.5. The second-order valence-corrected chi connectivity index (χ2v) is 8.33. The van der Waals surface area contributed by atoms with Crippen LogP contribution in [0.2, 0.25) is 10.0 Å². The average molecular weight is 455 g/mol. The van der Waals surface area contributed by atoms with Crippen LogP contribution in [0.4, 0.5) is 5.69 Å². The molecule has 0 unspecified atom stereocenters. The van der Waals surface area contributed by atoms with E-state index in [2.05, 4.69) is 16.0 Å². The summed E-state index contributed by atoms with van der Waals surface area (Å²) in [6.45, 7) is 1.17. The van der Waals surface area contributed by atoms with Crippen molar-refractivity contribution in [2.24, 2.45) is 0 Å². The normalized spacial score (nSPS) is 11.9. The SMILES string of the molecule is C#CCNS(=O)(=O)c1cccc(C(=O)O[C@@H](C)C(=O)Nc2ccc(Cl)cc2Cl)c1. The third-order valence-corrected chi connectivity index (χ3v) is 5.53. The average Bonchev–Trinajstić information content (AvgIpc) is 2.68. The third-order valence-electron chi connectivity index (χ3n) is 3.59. The van der Waals surface area contributed by atoms with E-state index in [1.54, 1.807) is 6.07 Å². The van der Waals surface area contributed by atoms with Gasteiger partial charge in [0.2, 0.25) is 10.0 Å². The van der Waals surface area contributed by atoms with Crippen LogP contribution in [0.5, 0.6) is 0 Å². The first kappa shape index (κ1) is 22.7. The number of hydrogen-bond acceptors (Lipinski definition) is 5. The van der Waals surface area contributed by atoms with Crippen LogP contribution in [0.25, 0.3) is 0 Å². The summed E-state index contributed by atoms with van der Waals surface area (Å²) >= 11 is 11.8. The molecule has 0 fully saturated rings. The van der Waals surface area contributed by atoms with E-state index in [9.17, 15) is 18.0 Å². The molecule has 0 aliphatic rings. The lowest BCUT2D eigenvalue weighted by Gasteiger charge is -2.14. The van der Waals surface area contributed by atoms with Crippen molar-refractivity contribution in [2.45, 2.75) is 17.9 Å². The molecule has 2 aromatic rings. The van der Waals surface area contributed by atoms with Crippen LogP contribution in [0.15, 0.2) is 47.4 Å². The molecular formula is C19H16Cl2N2O5S. The highest BCUT2D eigenvalue weighted by Crippen LogP contribution is 2.25. The summed E-state index contributed by atoms with van der Waals surface area (Å²) in [5, 5.41) is 3.15. The smallest absolute Gasteiger partial charge is 0.338 e. The Hall–Kier alpha value is -2.57. The number of nitrogens with one attached hydrogen (secondary N) is 2. The maximum absolute atomic E-state index is 12.3. The van der Waals surface area contributed by atoms with Gasteiger partial charge in [0.05, 0.1) is 27.7 Å². The molecule has 1 atom stereocenters. The molecule has 1 amide bonds. The second-order valence-electron chi connectivity index (χ2n) is 5.72. The number of amides is 1. The molecular weight excluding hydrogens is 439 g/mol. The number of sulfonamides is 1. The van der Waals surface area contributed by atoms with E-state index in [1.807, 2.05) is 0 Å². The third kappa shape index (κ3) is 6.21. The van der Waals surface area contributed by atoms with Crippen molar-refractivity contribution in [1.29, 1.82) is 0 Å². The van der Waals surface area contributed by atoms with Crippen LogP contribution in [0, 0.1) is 12.3 Å². The number of esters is 1. The maximum atomic E-state index is 12.3. The van der Waals surface area contributed by atoms with Crippen molar-refractivity contribution in [1.82, 2.24) is 4.72 Å². The lowest BCUT2D eigenvalue weighted by atomic mass is 10.2. The zero-order valence-electron chi connectivity index (χ0n) is 15.1. The predicted octanol–water partition coefficient (Wildman–Crippen LogP) is 3.09. The number of terminal acetylenes is 1. The van der Waals surface area contributed by atoms with Crippen LogP contribution in [0.3, 0.4) is 0 Å². The molecule has 10 heteroatoms. The van der Waals surface area contributed by atoms with Gasteiger partial charge in [0.15, 0.2) is 6.10 Å². The first-order valence-corrected chi connectivity index (χ1v) is 10.4. The van der Waals surface area contributed by atoms with Gasteiger partial charge in [0.1, 0.15) is 0 Å². The maximum Gasteiger partial charge on any atom is 0.338 e. The summed E-state index contributed by atoms with van der Waals surface area (Å²) in [5.41, 5.74) is 0.259. The number of anilines is 1. The fraction of sp³-hybridized carbons (Fsp3) is 0.158. The molecule has 0 saturated carbocycles. The van der Waals surface area contributed by atoms with Crippen molar-refractivity contribution < 1.29 is 22.7 Å². The Labute approximate surface area is 178 Å². The summed E-state index contributed by atoms with van der Waals surface area (Å²) in [5.74, 6) is 0.659. The van der Waals surface area contributed by atoms with E-state index in [-0.39, 0.29) is 22.0 Å². The van der Waals surface area contributed by atoms with Crippen molar-refractivity contribution in [2.75, 3.05) is 11.9 Å². The fourth-order valence-corrected chi connectivity index (χ4v) is 3.55. The molecule has 0 heterocycles. The predicted molar refractivity (Wildman–Crippen MR) is 110 cm³/mol. The minimum absolute atomic E-state index is 0.0437. The van der Waals surface area contributed by atoms with Gasteiger partial charge in [-0.05, 0) is 43.3 Å². The second kappa shape index (κ2) is 9.76. The molecule has 0 aliphatic heterocycles. The van der Waals surface area contributed by atoms with Crippen molar-refractivity contribution in [3.8, 4) is 12.3 Å². The first-order chi connectivity index (χ1) is 13.6.